The lowest BCUT2D eigenvalue weighted by molar-refractivity contribution is -0.123. The molecule has 0 saturated carbocycles. The Kier molecular flexibility index (Phi) is 6.65. The van der Waals surface area contributed by atoms with Gasteiger partial charge in [-0.1, -0.05) is 20.8 Å². The Morgan fingerprint density at radius 1 is 1.21 bits per heavy atom. The highest BCUT2D eigenvalue weighted by Crippen LogP contribution is 2.38. The van der Waals surface area contributed by atoms with E-state index in [4.69, 9.17) is 9.47 Å². The van der Waals surface area contributed by atoms with E-state index in [2.05, 4.69) is 10.6 Å². The number of amides is 4. The van der Waals surface area contributed by atoms with E-state index in [1.807, 2.05) is 0 Å². The number of nitrogens with zero attached hydrogens (tertiary/aromatic N) is 1. The minimum atomic E-state index is -0.854. The first-order valence-corrected chi connectivity index (χ1v) is 9.67. The van der Waals surface area contributed by atoms with Crippen LogP contribution in [0, 0.1) is 5.41 Å². The third-order valence-electron chi connectivity index (χ3n) is 4.12. The number of ether oxygens (including phenoxy) is 2. The molecule has 0 bridgehead atoms. The Morgan fingerprint density at radius 3 is 2.46 bits per heavy atom. The largest absolute Gasteiger partial charge is 0.453 e. The Hall–Kier alpha value is -2.62. The molecule has 0 unspecified atom stereocenters. The van der Waals surface area contributed by atoms with Gasteiger partial charge in [-0.25, -0.2) is 9.59 Å². The van der Waals surface area contributed by atoms with Crippen LogP contribution in [0.5, 0.6) is 0 Å². The van der Waals surface area contributed by atoms with Crippen molar-refractivity contribution in [2.45, 2.75) is 40.7 Å². The maximum absolute atomic E-state index is 12.7. The lowest BCUT2D eigenvalue weighted by atomic mass is 9.95. The van der Waals surface area contributed by atoms with Crippen molar-refractivity contribution in [2.75, 3.05) is 25.6 Å². The van der Waals surface area contributed by atoms with Crippen LogP contribution in [0.2, 0.25) is 0 Å². The van der Waals surface area contributed by atoms with E-state index in [1.165, 1.54) is 23.3 Å². The summed E-state index contributed by atoms with van der Waals surface area (Å²) in [7, 11) is 1.31. The molecule has 1 aromatic heterocycles. The van der Waals surface area contributed by atoms with Gasteiger partial charge in [0.15, 0.2) is 0 Å². The summed E-state index contributed by atoms with van der Waals surface area (Å²) in [6.07, 6.45) is -0.915. The topological polar surface area (TPSA) is 114 Å². The zero-order valence-electron chi connectivity index (χ0n) is 16.6. The number of hydrogen-bond acceptors (Lipinski definition) is 7. The van der Waals surface area contributed by atoms with Crippen molar-refractivity contribution in [3.05, 3.63) is 16.0 Å². The number of methoxy groups -OCH3 is 1. The summed E-state index contributed by atoms with van der Waals surface area (Å²) in [5.41, 5.74) is 0.267. The Bertz CT molecular complexity index is 796. The molecule has 0 fully saturated rings. The fraction of sp³-hybridized carbons (Fsp3) is 0.556. The second kappa shape index (κ2) is 8.59. The zero-order valence-corrected chi connectivity index (χ0v) is 17.4. The first-order chi connectivity index (χ1) is 13.1. The van der Waals surface area contributed by atoms with Gasteiger partial charge >= 0.3 is 12.2 Å². The summed E-state index contributed by atoms with van der Waals surface area (Å²) in [5, 5.41) is 5.31. The maximum Gasteiger partial charge on any atom is 0.414 e. The molecule has 154 valence electrons. The molecule has 0 saturated heterocycles. The van der Waals surface area contributed by atoms with Crippen molar-refractivity contribution in [2.24, 2.45) is 5.41 Å². The molecule has 1 aliphatic heterocycles. The van der Waals surface area contributed by atoms with Crippen LogP contribution < -0.4 is 10.6 Å². The highest BCUT2D eigenvalue weighted by atomic mass is 32.1. The number of anilines is 1. The quantitative estimate of drug-likeness (QED) is 0.790. The van der Waals surface area contributed by atoms with Gasteiger partial charge in [-0.15, -0.1) is 11.3 Å². The minimum absolute atomic E-state index is 0.128. The van der Waals surface area contributed by atoms with Gasteiger partial charge in [0.2, 0.25) is 5.91 Å². The fourth-order valence-corrected chi connectivity index (χ4v) is 3.89. The smallest absolute Gasteiger partial charge is 0.414 e. The number of carbonyl (C=O) groups excluding carboxylic acids is 4. The predicted molar refractivity (Wildman–Crippen MR) is 103 cm³/mol. The Balaban J connectivity index is 2.39. The van der Waals surface area contributed by atoms with Crippen molar-refractivity contribution in [3.63, 3.8) is 0 Å². The number of thiophene rings is 1. The van der Waals surface area contributed by atoms with Gasteiger partial charge in [0.25, 0.3) is 5.91 Å². The maximum atomic E-state index is 12.7. The normalized spacial score (nSPS) is 13.4. The van der Waals surface area contributed by atoms with Gasteiger partial charge in [-0.05, 0) is 18.9 Å². The molecule has 9 nitrogen and oxygen atoms in total. The molecule has 10 heteroatoms. The molecular formula is C18H25N3O6S. The highest BCUT2D eigenvalue weighted by molar-refractivity contribution is 7.17. The van der Waals surface area contributed by atoms with E-state index in [0.717, 1.165) is 4.88 Å². The number of rotatable bonds is 3. The summed E-state index contributed by atoms with van der Waals surface area (Å²) in [4.78, 5) is 51.0. The second-order valence-corrected chi connectivity index (χ2v) is 8.33. The summed E-state index contributed by atoms with van der Waals surface area (Å²) in [5.74, 6) is -0.909. The Labute approximate surface area is 167 Å². The van der Waals surface area contributed by atoms with Gasteiger partial charge in [-0.3, -0.25) is 14.9 Å². The van der Waals surface area contributed by atoms with Crippen molar-refractivity contribution in [3.8, 4) is 0 Å². The van der Waals surface area contributed by atoms with E-state index >= 15 is 0 Å². The molecule has 2 rings (SSSR count). The molecular weight excluding hydrogens is 386 g/mol. The van der Waals surface area contributed by atoms with E-state index < -0.39 is 23.5 Å². The van der Waals surface area contributed by atoms with Crippen molar-refractivity contribution < 1.29 is 28.7 Å². The monoisotopic (exact) mass is 411 g/mol. The lowest BCUT2D eigenvalue weighted by Crippen LogP contribution is -2.37. The van der Waals surface area contributed by atoms with Crippen LogP contribution in [0.3, 0.4) is 0 Å². The highest BCUT2D eigenvalue weighted by Gasteiger charge is 2.32. The molecule has 28 heavy (non-hydrogen) atoms. The minimum Gasteiger partial charge on any atom is -0.453 e. The number of alkyl carbamates (subject to hydrolysis) is 1. The van der Waals surface area contributed by atoms with Crippen molar-refractivity contribution in [1.29, 1.82) is 0 Å². The van der Waals surface area contributed by atoms with Crippen molar-refractivity contribution >= 4 is 40.3 Å². The average Bonchev–Trinajstić information content (AvgIpc) is 2.97. The van der Waals surface area contributed by atoms with Gasteiger partial charge in [0.05, 0.1) is 25.8 Å². The fourth-order valence-electron chi connectivity index (χ4n) is 2.63. The first-order valence-electron chi connectivity index (χ1n) is 8.85. The van der Waals surface area contributed by atoms with Crippen LogP contribution in [-0.4, -0.2) is 49.2 Å². The zero-order chi connectivity index (χ0) is 21.1. The molecule has 2 heterocycles. The number of imide groups is 1. The van der Waals surface area contributed by atoms with Gasteiger partial charge < -0.3 is 19.7 Å². The first kappa shape index (κ1) is 21.7. The predicted octanol–water partition coefficient (Wildman–Crippen LogP) is 2.74. The standard InChI is InChI=1S/C18H25N3O6S/c1-6-27-16(24)19-13(22)12-10-7-8-21(17(25)26-5)9-11(10)28-14(12)20-15(23)18(2,3)4/h6-9H2,1-5H3,(H,20,23)(H,19,22,24). The SMILES string of the molecule is CCOC(=O)NC(=O)c1c(NC(=O)C(C)(C)C)sc2c1CCN(C(=O)OC)C2. The van der Waals surface area contributed by atoms with E-state index in [-0.39, 0.29) is 24.6 Å². The summed E-state index contributed by atoms with van der Waals surface area (Å²) in [6.45, 7) is 7.66. The lowest BCUT2D eigenvalue weighted by Gasteiger charge is -2.25. The number of hydrogen-bond donors (Lipinski definition) is 2. The van der Waals surface area contributed by atoms with Gasteiger partial charge in [0, 0.05) is 16.8 Å². The molecule has 0 radical (unpaired) electrons. The third-order valence-corrected chi connectivity index (χ3v) is 5.25. The van der Waals surface area contributed by atoms with Crippen LogP contribution >= 0.6 is 11.3 Å². The van der Waals surface area contributed by atoms with Gasteiger partial charge in [0.1, 0.15) is 5.00 Å². The van der Waals surface area contributed by atoms with Crippen molar-refractivity contribution in [1.82, 2.24) is 10.2 Å². The Morgan fingerprint density at radius 2 is 1.89 bits per heavy atom. The second-order valence-electron chi connectivity index (χ2n) is 7.23. The average molecular weight is 411 g/mol. The van der Waals surface area contributed by atoms with Crippen LogP contribution in [0.25, 0.3) is 0 Å². The number of carbonyl (C=O) groups is 4. The van der Waals surface area contributed by atoms with E-state index in [1.54, 1.807) is 27.7 Å². The molecule has 0 aromatic carbocycles. The third kappa shape index (κ3) is 4.80. The molecule has 4 amide bonds. The summed E-state index contributed by atoms with van der Waals surface area (Å²) >= 11 is 1.21. The van der Waals surface area contributed by atoms with Crippen LogP contribution in [0.4, 0.5) is 14.6 Å². The summed E-state index contributed by atoms with van der Waals surface area (Å²) in [6, 6.07) is 0. The van der Waals surface area contributed by atoms with Crippen LogP contribution in [0.1, 0.15) is 48.5 Å². The molecule has 1 aliphatic rings. The number of nitrogens with one attached hydrogen (secondary N) is 2. The molecule has 0 aliphatic carbocycles. The van der Waals surface area contributed by atoms with E-state index in [0.29, 0.717) is 23.5 Å². The van der Waals surface area contributed by atoms with Crippen LogP contribution in [-0.2, 0) is 27.2 Å². The molecule has 0 atom stereocenters. The molecule has 0 spiro atoms. The number of fused-ring (bicyclic) bond motifs is 1. The summed E-state index contributed by atoms with van der Waals surface area (Å²) < 4.78 is 9.53. The van der Waals surface area contributed by atoms with Crippen LogP contribution in [0.15, 0.2) is 0 Å². The molecule has 2 N–H and O–H groups in total. The molecule has 1 aromatic rings. The van der Waals surface area contributed by atoms with Gasteiger partial charge in [-0.2, -0.15) is 0 Å². The van der Waals surface area contributed by atoms with E-state index in [9.17, 15) is 19.2 Å².